The maximum atomic E-state index is 12.4. The van der Waals surface area contributed by atoms with E-state index in [1.807, 2.05) is 0 Å². The Labute approximate surface area is 180 Å². The van der Waals surface area contributed by atoms with Crippen LogP contribution in [0.4, 0.5) is 10.5 Å². The monoisotopic (exact) mass is 429 g/mol. The molecule has 31 heavy (non-hydrogen) atoms. The summed E-state index contributed by atoms with van der Waals surface area (Å²) in [4.78, 5) is 48.4. The second kappa shape index (κ2) is 8.41. The van der Waals surface area contributed by atoms with Crippen molar-refractivity contribution < 1.29 is 28.7 Å². The molecule has 0 bridgehead atoms. The first kappa shape index (κ1) is 22.3. The Kier molecular flexibility index (Phi) is 6.06. The number of hydrogen-bond acceptors (Lipinski definition) is 6. The lowest BCUT2D eigenvalue weighted by atomic mass is 10.1. The SMILES string of the molecule is CC(=O)Oc1cc2c(cc1NC(=O)NC1CC1)c(C(C)=O)cn2CC(=O)OC(C)(C)C. The summed E-state index contributed by atoms with van der Waals surface area (Å²) >= 11 is 0. The lowest BCUT2D eigenvalue weighted by Gasteiger charge is -2.20. The Bertz CT molecular complexity index is 1060. The van der Waals surface area contributed by atoms with Crippen LogP contribution in [0.25, 0.3) is 10.9 Å². The Morgan fingerprint density at radius 1 is 1.13 bits per heavy atom. The maximum Gasteiger partial charge on any atom is 0.326 e. The summed E-state index contributed by atoms with van der Waals surface area (Å²) in [6, 6.07) is 2.82. The fourth-order valence-electron chi connectivity index (χ4n) is 3.15. The molecule has 0 atom stereocenters. The topological polar surface area (TPSA) is 116 Å². The number of hydrogen-bond donors (Lipinski definition) is 2. The number of nitrogens with zero attached hydrogens (tertiary/aromatic N) is 1. The molecule has 9 heteroatoms. The van der Waals surface area contributed by atoms with Crippen LogP contribution in [0.15, 0.2) is 18.3 Å². The number of carbonyl (C=O) groups excluding carboxylic acids is 4. The van der Waals surface area contributed by atoms with Crippen LogP contribution in [0.3, 0.4) is 0 Å². The van der Waals surface area contributed by atoms with E-state index in [2.05, 4.69) is 10.6 Å². The molecule has 0 unspecified atom stereocenters. The van der Waals surface area contributed by atoms with Crippen LogP contribution in [0.2, 0.25) is 0 Å². The lowest BCUT2D eigenvalue weighted by Crippen LogP contribution is -2.30. The van der Waals surface area contributed by atoms with Gasteiger partial charge < -0.3 is 24.7 Å². The number of aromatic nitrogens is 1. The number of rotatable bonds is 6. The van der Waals surface area contributed by atoms with Gasteiger partial charge in [0, 0.05) is 36.2 Å². The van der Waals surface area contributed by atoms with E-state index in [0.29, 0.717) is 16.5 Å². The first-order valence-corrected chi connectivity index (χ1v) is 10.1. The minimum absolute atomic E-state index is 0.115. The summed E-state index contributed by atoms with van der Waals surface area (Å²) in [5.41, 5.74) is 0.468. The number of amides is 2. The molecule has 0 saturated heterocycles. The summed E-state index contributed by atoms with van der Waals surface area (Å²) in [5, 5.41) is 6.01. The number of carbonyl (C=O) groups is 4. The van der Waals surface area contributed by atoms with Crippen molar-refractivity contribution in [3.05, 3.63) is 23.9 Å². The van der Waals surface area contributed by atoms with Gasteiger partial charge in [-0.1, -0.05) is 0 Å². The summed E-state index contributed by atoms with van der Waals surface area (Å²) in [6.45, 7) is 7.84. The average molecular weight is 429 g/mol. The minimum Gasteiger partial charge on any atom is -0.459 e. The number of benzene rings is 1. The highest BCUT2D eigenvalue weighted by atomic mass is 16.6. The van der Waals surface area contributed by atoms with Crippen LogP contribution < -0.4 is 15.4 Å². The number of esters is 2. The van der Waals surface area contributed by atoms with Crippen molar-refractivity contribution in [2.45, 2.75) is 65.6 Å². The van der Waals surface area contributed by atoms with E-state index in [4.69, 9.17) is 9.47 Å². The van der Waals surface area contributed by atoms with E-state index in [-0.39, 0.29) is 29.8 Å². The highest BCUT2D eigenvalue weighted by Gasteiger charge is 2.25. The molecule has 1 aromatic heterocycles. The highest BCUT2D eigenvalue weighted by Crippen LogP contribution is 2.34. The van der Waals surface area contributed by atoms with Gasteiger partial charge in [0.05, 0.1) is 11.2 Å². The van der Waals surface area contributed by atoms with Crippen molar-refractivity contribution >= 4 is 40.3 Å². The molecule has 1 aromatic carbocycles. The average Bonchev–Trinajstić information content (AvgIpc) is 3.34. The molecule has 2 N–H and O–H groups in total. The van der Waals surface area contributed by atoms with Gasteiger partial charge >= 0.3 is 18.0 Å². The second-order valence-corrected chi connectivity index (χ2v) is 8.65. The van der Waals surface area contributed by atoms with Crippen LogP contribution in [-0.4, -0.2) is 40.0 Å². The Morgan fingerprint density at radius 3 is 2.35 bits per heavy atom. The number of ketones is 1. The summed E-state index contributed by atoms with van der Waals surface area (Å²) < 4.78 is 12.2. The molecule has 0 radical (unpaired) electrons. The van der Waals surface area contributed by atoms with Gasteiger partial charge in [0.2, 0.25) is 0 Å². The van der Waals surface area contributed by atoms with Gasteiger partial charge in [0.1, 0.15) is 12.1 Å². The standard InChI is InChI=1S/C22H27N3O6/c1-12(26)16-10-25(11-20(28)31-22(3,4)5)18-9-19(30-13(2)27)17(8-15(16)18)24-21(29)23-14-6-7-14/h8-10,14H,6-7,11H2,1-5H3,(H2,23,24,29). The third-order valence-corrected chi connectivity index (χ3v) is 4.50. The molecule has 3 rings (SSSR count). The van der Waals surface area contributed by atoms with Crippen LogP contribution in [0, 0.1) is 0 Å². The molecular formula is C22H27N3O6. The largest absolute Gasteiger partial charge is 0.459 e. The van der Waals surface area contributed by atoms with Gasteiger partial charge in [0.25, 0.3) is 0 Å². The Balaban J connectivity index is 2.03. The van der Waals surface area contributed by atoms with Gasteiger partial charge in [-0.25, -0.2) is 4.79 Å². The fraction of sp³-hybridized carbons (Fsp3) is 0.455. The number of anilines is 1. The third-order valence-electron chi connectivity index (χ3n) is 4.50. The molecule has 1 fully saturated rings. The molecule has 166 valence electrons. The smallest absolute Gasteiger partial charge is 0.326 e. The van der Waals surface area contributed by atoms with Crippen LogP contribution in [0.5, 0.6) is 5.75 Å². The molecule has 2 aromatic rings. The van der Waals surface area contributed by atoms with E-state index in [0.717, 1.165) is 12.8 Å². The zero-order valence-corrected chi connectivity index (χ0v) is 18.3. The van der Waals surface area contributed by atoms with Gasteiger partial charge in [-0.3, -0.25) is 14.4 Å². The summed E-state index contributed by atoms with van der Waals surface area (Å²) in [7, 11) is 0. The van der Waals surface area contributed by atoms with E-state index in [1.54, 1.807) is 37.6 Å². The maximum absolute atomic E-state index is 12.4. The van der Waals surface area contributed by atoms with E-state index in [9.17, 15) is 19.2 Å². The number of nitrogens with one attached hydrogen (secondary N) is 2. The molecule has 0 spiro atoms. The first-order valence-electron chi connectivity index (χ1n) is 10.1. The zero-order valence-electron chi connectivity index (χ0n) is 18.3. The van der Waals surface area contributed by atoms with Gasteiger partial charge in [-0.05, 0) is 46.6 Å². The van der Waals surface area contributed by atoms with Crippen molar-refractivity contribution in [2.75, 3.05) is 5.32 Å². The van der Waals surface area contributed by atoms with E-state index >= 15 is 0 Å². The molecular weight excluding hydrogens is 402 g/mol. The third kappa shape index (κ3) is 5.84. The van der Waals surface area contributed by atoms with Crippen LogP contribution in [0.1, 0.15) is 57.8 Å². The second-order valence-electron chi connectivity index (χ2n) is 8.65. The predicted octanol–water partition coefficient (Wildman–Crippen LogP) is 3.39. The Hall–Kier alpha value is -3.36. The minimum atomic E-state index is -0.654. The quantitative estimate of drug-likeness (QED) is 0.413. The highest BCUT2D eigenvalue weighted by molar-refractivity contribution is 6.09. The zero-order chi connectivity index (χ0) is 22.9. The first-order chi connectivity index (χ1) is 14.4. The van der Waals surface area contributed by atoms with E-state index in [1.165, 1.54) is 19.9 Å². The van der Waals surface area contributed by atoms with Crippen molar-refractivity contribution in [3.8, 4) is 5.75 Å². The molecule has 1 heterocycles. The van der Waals surface area contributed by atoms with Crippen LogP contribution in [-0.2, 0) is 20.9 Å². The molecule has 1 aliphatic rings. The number of urea groups is 1. The number of Topliss-reactive ketones (excluding diaryl/α,β-unsaturated/α-hetero) is 1. The molecule has 1 saturated carbocycles. The molecule has 1 aliphatic carbocycles. The van der Waals surface area contributed by atoms with Gasteiger partial charge in [-0.15, -0.1) is 0 Å². The van der Waals surface area contributed by atoms with Crippen LogP contribution >= 0.6 is 0 Å². The molecule has 9 nitrogen and oxygen atoms in total. The van der Waals surface area contributed by atoms with Crippen molar-refractivity contribution in [3.63, 3.8) is 0 Å². The number of fused-ring (bicyclic) bond motifs is 1. The molecule has 2 amide bonds. The van der Waals surface area contributed by atoms with Gasteiger partial charge in [0.15, 0.2) is 11.5 Å². The Morgan fingerprint density at radius 2 is 1.81 bits per heavy atom. The normalized spacial score (nSPS) is 13.6. The molecule has 0 aliphatic heterocycles. The van der Waals surface area contributed by atoms with Crippen molar-refractivity contribution in [2.24, 2.45) is 0 Å². The summed E-state index contributed by atoms with van der Waals surface area (Å²) in [5.74, 6) is -1.13. The van der Waals surface area contributed by atoms with Crippen molar-refractivity contribution in [1.29, 1.82) is 0 Å². The van der Waals surface area contributed by atoms with Crippen molar-refractivity contribution in [1.82, 2.24) is 9.88 Å². The predicted molar refractivity (Wildman–Crippen MR) is 114 cm³/mol. The van der Waals surface area contributed by atoms with E-state index < -0.39 is 23.6 Å². The summed E-state index contributed by atoms with van der Waals surface area (Å²) in [6.07, 6.45) is 3.40. The number of ether oxygens (including phenoxy) is 2. The van der Waals surface area contributed by atoms with Gasteiger partial charge in [-0.2, -0.15) is 0 Å². The lowest BCUT2D eigenvalue weighted by molar-refractivity contribution is -0.155. The fourth-order valence-corrected chi connectivity index (χ4v) is 3.15.